The molecule has 1 aliphatic rings. The first-order valence-corrected chi connectivity index (χ1v) is 7.79. The molecule has 126 valence electrons. The van der Waals surface area contributed by atoms with E-state index >= 15 is 0 Å². The molecule has 0 aliphatic carbocycles. The van der Waals surface area contributed by atoms with Crippen molar-refractivity contribution >= 4 is 11.9 Å². The third-order valence-corrected chi connectivity index (χ3v) is 3.88. The van der Waals surface area contributed by atoms with Crippen LogP contribution in [-0.2, 0) is 0 Å². The average molecular weight is 328 g/mol. The van der Waals surface area contributed by atoms with E-state index in [-0.39, 0.29) is 5.91 Å². The summed E-state index contributed by atoms with van der Waals surface area (Å²) in [5.41, 5.74) is 2.02. The van der Waals surface area contributed by atoms with Crippen LogP contribution in [-0.4, -0.2) is 64.0 Å². The number of hydrogen-bond donors (Lipinski definition) is 0. The number of anilines is 1. The van der Waals surface area contributed by atoms with E-state index in [1.54, 1.807) is 24.3 Å². The van der Waals surface area contributed by atoms with E-state index < -0.39 is 0 Å². The summed E-state index contributed by atoms with van der Waals surface area (Å²) in [4.78, 5) is 33.4. The number of hydrogen-bond acceptors (Lipinski definition) is 7. The molecule has 0 N–H and O–H groups in total. The predicted molar refractivity (Wildman–Crippen MR) is 88.2 cm³/mol. The van der Waals surface area contributed by atoms with Crippen LogP contribution >= 0.6 is 0 Å². The normalized spacial score (nSPS) is 14.6. The van der Waals surface area contributed by atoms with E-state index in [1.807, 2.05) is 13.8 Å². The van der Waals surface area contributed by atoms with Gasteiger partial charge in [0, 0.05) is 44.1 Å². The third kappa shape index (κ3) is 3.42. The number of piperazine rings is 1. The van der Waals surface area contributed by atoms with Crippen LogP contribution in [0.25, 0.3) is 0 Å². The molecule has 0 radical (unpaired) electrons. The summed E-state index contributed by atoms with van der Waals surface area (Å²) in [5.74, 6) is 1.09. The van der Waals surface area contributed by atoms with E-state index in [1.165, 1.54) is 6.20 Å². The fraction of sp³-hybridized carbons (Fsp3) is 0.438. The third-order valence-electron chi connectivity index (χ3n) is 3.88. The molecule has 1 fully saturated rings. The summed E-state index contributed by atoms with van der Waals surface area (Å²) in [7, 11) is 1.59. The van der Waals surface area contributed by atoms with E-state index in [2.05, 4.69) is 24.8 Å². The zero-order valence-electron chi connectivity index (χ0n) is 14.1. The Kier molecular flexibility index (Phi) is 4.54. The first-order valence-electron chi connectivity index (χ1n) is 7.79. The highest BCUT2D eigenvalue weighted by Crippen LogP contribution is 2.17. The van der Waals surface area contributed by atoms with E-state index in [9.17, 15) is 4.79 Å². The van der Waals surface area contributed by atoms with Crippen LogP contribution in [0.3, 0.4) is 0 Å². The molecule has 2 aromatic rings. The Balaban J connectivity index is 1.66. The highest BCUT2D eigenvalue weighted by atomic mass is 16.5. The Morgan fingerprint density at radius 1 is 1.04 bits per heavy atom. The number of methoxy groups -OCH3 is 1. The van der Waals surface area contributed by atoms with Crippen molar-refractivity contribution < 1.29 is 9.53 Å². The zero-order valence-corrected chi connectivity index (χ0v) is 14.1. The van der Waals surface area contributed by atoms with Crippen molar-refractivity contribution in [3.05, 3.63) is 35.5 Å². The summed E-state index contributed by atoms with van der Waals surface area (Å²) in [6.07, 6.45) is 3.13. The maximum Gasteiger partial charge on any atom is 0.274 e. The highest BCUT2D eigenvalue weighted by Gasteiger charge is 2.24. The Bertz CT molecular complexity index is 726. The number of nitrogens with zero attached hydrogens (tertiary/aromatic N) is 6. The maximum absolute atomic E-state index is 12.5. The molecule has 3 heterocycles. The van der Waals surface area contributed by atoms with Crippen molar-refractivity contribution in [2.75, 3.05) is 38.2 Å². The van der Waals surface area contributed by atoms with Gasteiger partial charge in [0.1, 0.15) is 5.69 Å². The fourth-order valence-electron chi connectivity index (χ4n) is 2.55. The molecule has 0 saturated carbocycles. The minimum absolute atomic E-state index is 0.0927. The van der Waals surface area contributed by atoms with Gasteiger partial charge in [0.05, 0.1) is 19.0 Å². The number of carbonyl (C=O) groups excluding carboxylic acids is 1. The largest absolute Gasteiger partial charge is 0.481 e. The monoisotopic (exact) mass is 328 g/mol. The van der Waals surface area contributed by atoms with E-state index in [0.29, 0.717) is 43.7 Å². The Morgan fingerprint density at radius 3 is 2.42 bits per heavy atom. The van der Waals surface area contributed by atoms with Gasteiger partial charge in [-0.2, -0.15) is 4.98 Å². The van der Waals surface area contributed by atoms with Crippen molar-refractivity contribution in [2.24, 2.45) is 0 Å². The lowest BCUT2D eigenvalue weighted by molar-refractivity contribution is 0.0739. The van der Waals surface area contributed by atoms with E-state index in [0.717, 1.165) is 11.4 Å². The van der Waals surface area contributed by atoms with Crippen molar-refractivity contribution in [3.63, 3.8) is 0 Å². The maximum atomic E-state index is 12.5. The quantitative estimate of drug-likeness (QED) is 0.826. The SMILES string of the molecule is COc1cc(C)nc(N2CCN(C(=O)c3cnc(C)cn3)CC2)n1. The molecule has 24 heavy (non-hydrogen) atoms. The second-order valence-corrected chi connectivity index (χ2v) is 5.67. The molecule has 8 heteroatoms. The zero-order chi connectivity index (χ0) is 17.1. The number of ether oxygens (including phenoxy) is 1. The van der Waals surface area contributed by atoms with Gasteiger partial charge in [-0.05, 0) is 13.8 Å². The molecule has 1 amide bonds. The van der Waals surface area contributed by atoms with Crippen LogP contribution in [0.4, 0.5) is 5.95 Å². The summed E-state index contributed by atoms with van der Waals surface area (Å²) < 4.78 is 5.20. The van der Waals surface area contributed by atoms with Crippen LogP contribution in [0, 0.1) is 13.8 Å². The second kappa shape index (κ2) is 6.77. The van der Waals surface area contributed by atoms with Gasteiger partial charge >= 0.3 is 0 Å². The number of amides is 1. The van der Waals surface area contributed by atoms with E-state index in [4.69, 9.17) is 4.74 Å². The lowest BCUT2D eigenvalue weighted by Crippen LogP contribution is -2.49. The Morgan fingerprint density at radius 2 is 1.79 bits per heavy atom. The molecule has 1 aliphatic heterocycles. The Hall–Kier alpha value is -2.77. The van der Waals surface area contributed by atoms with Crippen LogP contribution in [0.1, 0.15) is 21.9 Å². The summed E-state index contributed by atoms with van der Waals surface area (Å²) >= 11 is 0. The van der Waals surface area contributed by atoms with Crippen molar-refractivity contribution in [2.45, 2.75) is 13.8 Å². The van der Waals surface area contributed by atoms with Crippen LogP contribution in [0.5, 0.6) is 5.88 Å². The molecule has 0 aromatic carbocycles. The summed E-state index contributed by atoms with van der Waals surface area (Å²) in [6.45, 7) is 6.26. The van der Waals surface area contributed by atoms with Gasteiger partial charge in [-0.15, -0.1) is 0 Å². The van der Waals surface area contributed by atoms with Gasteiger partial charge < -0.3 is 14.5 Å². The molecule has 3 rings (SSSR count). The molecule has 8 nitrogen and oxygen atoms in total. The fourth-order valence-corrected chi connectivity index (χ4v) is 2.55. The standard InChI is InChI=1S/C16H20N6O2/c1-11-8-14(24-3)20-16(19-11)22-6-4-21(5-7-22)15(23)13-10-17-12(2)9-18-13/h8-10H,4-7H2,1-3H3. The lowest BCUT2D eigenvalue weighted by atomic mass is 10.3. The first-order chi connectivity index (χ1) is 11.6. The van der Waals surface area contributed by atoms with Crippen LogP contribution in [0.15, 0.2) is 18.5 Å². The minimum atomic E-state index is -0.0927. The summed E-state index contributed by atoms with van der Waals surface area (Å²) in [6, 6.07) is 1.79. The highest BCUT2D eigenvalue weighted by molar-refractivity contribution is 5.92. The summed E-state index contributed by atoms with van der Waals surface area (Å²) in [5, 5.41) is 0. The second-order valence-electron chi connectivity index (χ2n) is 5.67. The molecular weight excluding hydrogens is 308 g/mol. The molecule has 2 aromatic heterocycles. The van der Waals surface area contributed by atoms with Crippen LogP contribution < -0.4 is 9.64 Å². The molecular formula is C16H20N6O2. The van der Waals surface area contributed by atoms with Crippen LogP contribution in [0.2, 0.25) is 0 Å². The van der Waals surface area contributed by atoms with Gasteiger partial charge in [0.2, 0.25) is 11.8 Å². The first kappa shape index (κ1) is 16.1. The number of aryl methyl sites for hydroxylation is 2. The number of carbonyl (C=O) groups is 1. The van der Waals surface area contributed by atoms with Gasteiger partial charge in [0.15, 0.2) is 0 Å². The van der Waals surface area contributed by atoms with Gasteiger partial charge in [0.25, 0.3) is 5.91 Å². The minimum Gasteiger partial charge on any atom is -0.481 e. The molecule has 0 unspecified atom stereocenters. The number of rotatable bonds is 3. The Labute approximate surface area is 140 Å². The molecule has 0 atom stereocenters. The van der Waals surface area contributed by atoms with Gasteiger partial charge in [-0.3, -0.25) is 9.78 Å². The van der Waals surface area contributed by atoms with Crippen molar-refractivity contribution in [3.8, 4) is 5.88 Å². The molecule has 0 spiro atoms. The van der Waals surface area contributed by atoms with Gasteiger partial charge in [-0.25, -0.2) is 9.97 Å². The molecule has 1 saturated heterocycles. The van der Waals surface area contributed by atoms with Gasteiger partial charge in [-0.1, -0.05) is 0 Å². The predicted octanol–water partition coefficient (Wildman–Crippen LogP) is 0.854. The van der Waals surface area contributed by atoms with Crippen molar-refractivity contribution in [1.82, 2.24) is 24.8 Å². The average Bonchev–Trinajstić information content (AvgIpc) is 2.61. The van der Waals surface area contributed by atoms with Crippen molar-refractivity contribution in [1.29, 1.82) is 0 Å². The number of aromatic nitrogens is 4. The lowest BCUT2D eigenvalue weighted by Gasteiger charge is -2.34. The molecule has 0 bridgehead atoms. The smallest absolute Gasteiger partial charge is 0.274 e. The topological polar surface area (TPSA) is 84.3 Å².